The molecule has 0 bridgehead atoms. The molecule has 1 N–H and O–H groups in total. The lowest BCUT2D eigenvalue weighted by Gasteiger charge is -2.21. The molecule has 0 amide bonds. The third kappa shape index (κ3) is 4.02. The molecule has 2 rings (SSSR count). The quantitative estimate of drug-likeness (QED) is 0.929. The van der Waals surface area contributed by atoms with E-state index in [1.165, 1.54) is 22.5 Å². The minimum atomic E-state index is -3.49. The van der Waals surface area contributed by atoms with Crippen LogP contribution in [-0.4, -0.2) is 31.4 Å². The molecule has 0 spiro atoms. The van der Waals surface area contributed by atoms with E-state index in [1.54, 1.807) is 0 Å². The second-order valence-corrected chi connectivity index (χ2v) is 8.41. The first kappa shape index (κ1) is 16.4. The van der Waals surface area contributed by atoms with Crippen LogP contribution in [-0.2, 0) is 16.6 Å². The molecular formula is C15H23FN2O2S. The third-order valence-electron chi connectivity index (χ3n) is 3.53. The van der Waals surface area contributed by atoms with E-state index in [1.807, 2.05) is 20.8 Å². The molecular weight excluding hydrogens is 291 g/mol. The van der Waals surface area contributed by atoms with E-state index in [0.717, 1.165) is 12.8 Å². The number of nitrogens with one attached hydrogen (secondary N) is 1. The van der Waals surface area contributed by atoms with E-state index < -0.39 is 10.0 Å². The van der Waals surface area contributed by atoms with Crippen molar-refractivity contribution in [3.05, 3.63) is 29.6 Å². The molecule has 0 saturated carbocycles. The highest BCUT2D eigenvalue weighted by atomic mass is 32.2. The zero-order valence-electron chi connectivity index (χ0n) is 12.8. The van der Waals surface area contributed by atoms with Gasteiger partial charge in [-0.2, -0.15) is 4.31 Å². The first-order valence-electron chi connectivity index (χ1n) is 7.24. The van der Waals surface area contributed by atoms with Gasteiger partial charge in [0.05, 0.1) is 4.90 Å². The van der Waals surface area contributed by atoms with Crippen LogP contribution in [0.4, 0.5) is 4.39 Å². The van der Waals surface area contributed by atoms with E-state index in [9.17, 15) is 12.8 Å². The Morgan fingerprint density at radius 1 is 1.24 bits per heavy atom. The predicted octanol–water partition coefficient (Wildman–Crippen LogP) is 2.50. The Labute approximate surface area is 126 Å². The van der Waals surface area contributed by atoms with Crippen LogP contribution in [0.3, 0.4) is 0 Å². The van der Waals surface area contributed by atoms with Crippen LogP contribution in [0.25, 0.3) is 0 Å². The van der Waals surface area contributed by atoms with Gasteiger partial charge in [-0.1, -0.05) is 0 Å². The van der Waals surface area contributed by atoms with E-state index in [-0.39, 0.29) is 16.3 Å². The van der Waals surface area contributed by atoms with Gasteiger partial charge in [-0.15, -0.1) is 0 Å². The Morgan fingerprint density at radius 2 is 1.86 bits per heavy atom. The van der Waals surface area contributed by atoms with Gasteiger partial charge >= 0.3 is 0 Å². The molecule has 1 aliphatic rings. The Balaban J connectivity index is 2.25. The SMILES string of the molecule is CC(C)(C)NCc1cc(S(=O)(=O)N2CCCC2)ccc1F. The second kappa shape index (κ2) is 6.02. The normalized spacial score (nSPS) is 17.3. The third-order valence-corrected chi connectivity index (χ3v) is 5.42. The van der Waals surface area contributed by atoms with Gasteiger partial charge in [-0.05, 0) is 51.8 Å². The van der Waals surface area contributed by atoms with Gasteiger partial charge < -0.3 is 5.32 Å². The summed E-state index contributed by atoms with van der Waals surface area (Å²) in [5, 5.41) is 3.18. The van der Waals surface area contributed by atoms with E-state index in [0.29, 0.717) is 25.2 Å². The number of nitrogens with zero attached hydrogens (tertiary/aromatic N) is 1. The topological polar surface area (TPSA) is 49.4 Å². The Hall–Kier alpha value is -0.980. The fourth-order valence-corrected chi connectivity index (χ4v) is 3.85. The molecule has 1 aromatic rings. The van der Waals surface area contributed by atoms with Crippen molar-refractivity contribution >= 4 is 10.0 Å². The molecule has 0 radical (unpaired) electrons. The molecule has 21 heavy (non-hydrogen) atoms. The number of halogens is 1. The van der Waals surface area contributed by atoms with Crippen molar-refractivity contribution in [2.24, 2.45) is 0 Å². The van der Waals surface area contributed by atoms with Gasteiger partial charge in [0, 0.05) is 30.7 Å². The standard InChI is InChI=1S/C15H23FN2O2S/c1-15(2,3)17-11-12-10-13(6-7-14(12)16)21(19,20)18-8-4-5-9-18/h6-7,10,17H,4-5,8-9,11H2,1-3H3. The Kier molecular flexibility index (Phi) is 4.70. The zero-order chi connectivity index (χ0) is 15.7. The highest BCUT2D eigenvalue weighted by molar-refractivity contribution is 7.89. The first-order valence-corrected chi connectivity index (χ1v) is 8.68. The highest BCUT2D eigenvalue weighted by Crippen LogP contribution is 2.23. The minimum Gasteiger partial charge on any atom is -0.308 e. The number of sulfonamides is 1. The lowest BCUT2D eigenvalue weighted by molar-refractivity contribution is 0.418. The molecule has 0 aromatic heterocycles. The second-order valence-electron chi connectivity index (χ2n) is 6.47. The van der Waals surface area contributed by atoms with E-state index >= 15 is 0 Å². The molecule has 118 valence electrons. The van der Waals surface area contributed by atoms with Gasteiger partial charge in [-0.25, -0.2) is 12.8 Å². The largest absolute Gasteiger partial charge is 0.308 e. The van der Waals surface area contributed by atoms with Crippen molar-refractivity contribution in [1.29, 1.82) is 0 Å². The summed E-state index contributed by atoms with van der Waals surface area (Å²) in [6.07, 6.45) is 1.78. The summed E-state index contributed by atoms with van der Waals surface area (Å²) in [7, 11) is -3.49. The van der Waals surface area contributed by atoms with Crippen LogP contribution in [0.2, 0.25) is 0 Å². The fourth-order valence-electron chi connectivity index (χ4n) is 2.28. The van der Waals surface area contributed by atoms with Crippen molar-refractivity contribution in [3.63, 3.8) is 0 Å². The molecule has 0 unspecified atom stereocenters. The van der Waals surface area contributed by atoms with Crippen molar-refractivity contribution in [1.82, 2.24) is 9.62 Å². The van der Waals surface area contributed by atoms with Crippen LogP contribution in [0, 0.1) is 5.82 Å². The van der Waals surface area contributed by atoms with Gasteiger partial charge in [0.15, 0.2) is 0 Å². The summed E-state index contributed by atoms with van der Waals surface area (Å²) in [6, 6.07) is 4.04. The maximum atomic E-state index is 13.9. The lowest BCUT2D eigenvalue weighted by Crippen LogP contribution is -2.35. The zero-order valence-corrected chi connectivity index (χ0v) is 13.6. The molecule has 1 heterocycles. The summed E-state index contributed by atoms with van der Waals surface area (Å²) < 4.78 is 40.3. The van der Waals surface area contributed by atoms with Crippen LogP contribution in [0.15, 0.2) is 23.1 Å². The maximum Gasteiger partial charge on any atom is 0.243 e. The summed E-state index contributed by atoms with van der Waals surface area (Å²) in [6.45, 7) is 7.35. The van der Waals surface area contributed by atoms with Crippen LogP contribution < -0.4 is 5.32 Å². The summed E-state index contributed by atoms with van der Waals surface area (Å²) in [4.78, 5) is 0.177. The maximum absolute atomic E-state index is 13.9. The van der Waals surface area contributed by atoms with E-state index in [2.05, 4.69) is 5.32 Å². The van der Waals surface area contributed by atoms with Gasteiger partial charge in [-0.3, -0.25) is 0 Å². The summed E-state index contributed by atoms with van der Waals surface area (Å²) >= 11 is 0. The molecule has 1 fully saturated rings. The van der Waals surface area contributed by atoms with E-state index in [4.69, 9.17) is 0 Å². The van der Waals surface area contributed by atoms with Gasteiger partial charge in [0.25, 0.3) is 0 Å². The molecule has 6 heteroatoms. The average Bonchev–Trinajstić information content (AvgIpc) is 2.91. The van der Waals surface area contributed by atoms with Crippen molar-refractivity contribution in [2.75, 3.05) is 13.1 Å². The van der Waals surface area contributed by atoms with Crippen molar-refractivity contribution < 1.29 is 12.8 Å². The van der Waals surface area contributed by atoms with Crippen LogP contribution in [0.5, 0.6) is 0 Å². The smallest absolute Gasteiger partial charge is 0.243 e. The fraction of sp³-hybridized carbons (Fsp3) is 0.600. The number of hydrogen-bond donors (Lipinski definition) is 1. The van der Waals surface area contributed by atoms with Crippen LogP contribution >= 0.6 is 0 Å². The number of hydrogen-bond acceptors (Lipinski definition) is 3. The Bertz CT molecular complexity index is 603. The Morgan fingerprint density at radius 3 is 2.43 bits per heavy atom. The number of rotatable bonds is 4. The summed E-state index contributed by atoms with van der Waals surface area (Å²) in [5.41, 5.74) is 0.223. The first-order chi connectivity index (χ1) is 9.70. The molecule has 4 nitrogen and oxygen atoms in total. The average molecular weight is 314 g/mol. The minimum absolute atomic E-state index is 0.156. The molecule has 0 aliphatic carbocycles. The predicted molar refractivity (Wildman–Crippen MR) is 81.0 cm³/mol. The number of benzene rings is 1. The molecule has 0 atom stereocenters. The molecule has 1 aliphatic heterocycles. The summed E-state index contributed by atoms with van der Waals surface area (Å²) in [5.74, 6) is -0.382. The monoisotopic (exact) mass is 314 g/mol. The highest BCUT2D eigenvalue weighted by Gasteiger charge is 2.27. The van der Waals surface area contributed by atoms with Gasteiger partial charge in [0.2, 0.25) is 10.0 Å². The van der Waals surface area contributed by atoms with Crippen LogP contribution in [0.1, 0.15) is 39.2 Å². The molecule has 1 saturated heterocycles. The molecule has 1 aromatic carbocycles. The van der Waals surface area contributed by atoms with Gasteiger partial charge in [0.1, 0.15) is 5.82 Å². The van der Waals surface area contributed by atoms with Crippen molar-refractivity contribution in [3.8, 4) is 0 Å². The van der Waals surface area contributed by atoms with Crippen molar-refractivity contribution in [2.45, 2.75) is 50.6 Å². The lowest BCUT2D eigenvalue weighted by atomic mass is 10.1.